The molecule has 0 bridgehead atoms. The van der Waals surface area contributed by atoms with E-state index in [1.165, 1.54) is 13.3 Å². The minimum Gasteiger partial charge on any atom is -0.465 e. The van der Waals surface area contributed by atoms with Gasteiger partial charge in [-0.2, -0.15) is 0 Å². The molecule has 0 unspecified atom stereocenters. The van der Waals surface area contributed by atoms with Crippen molar-refractivity contribution in [2.75, 3.05) is 12.4 Å². The molecule has 3 rings (SSSR count). The number of nitrogens with zero attached hydrogens (tertiary/aromatic N) is 1. The Morgan fingerprint density at radius 2 is 1.52 bits per heavy atom. The number of aromatic nitrogens is 1. The first kappa shape index (κ1) is 18.3. The molecule has 1 N–H and O–H groups in total. The van der Waals surface area contributed by atoms with E-state index < -0.39 is 5.97 Å². The van der Waals surface area contributed by atoms with E-state index in [2.05, 4.69) is 15.0 Å². The van der Waals surface area contributed by atoms with Gasteiger partial charge in [0.15, 0.2) is 0 Å². The summed E-state index contributed by atoms with van der Waals surface area (Å²) >= 11 is 0. The highest BCUT2D eigenvalue weighted by Crippen LogP contribution is 2.28. The van der Waals surface area contributed by atoms with Gasteiger partial charge in [0.2, 0.25) is 5.91 Å². The lowest BCUT2D eigenvalue weighted by atomic mass is 9.88. The minimum atomic E-state index is -0.464. The van der Waals surface area contributed by atoms with Crippen LogP contribution in [-0.4, -0.2) is 24.0 Å². The van der Waals surface area contributed by atoms with Crippen molar-refractivity contribution >= 4 is 17.7 Å². The molecule has 0 spiro atoms. The summed E-state index contributed by atoms with van der Waals surface area (Å²) in [4.78, 5) is 28.2. The van der Waals surface area contributed by atoms with Crippen LogP contribution in [0.2, 0.25) is 0 Å². The van der Waals surface area contributed by atoms with E-state index >= 15 is 0 Å². The maximum atomic E-state index is 12.6. The van der Waals surface area contributed by atoms with E-state index in [1.807, 2.05) is 60.7 Å². The van der Waals surface area contributed by atoms with Crippen LogP contribution in [0.15, 0.2) is 79.0 Å². The number of anilines is 1. The zero-order chi connectivity index (χ0) is 19.1. The first-order chi connectivity index (χ1) is 13.2. The van der Waals surface area contributed by atoms with E-state index in [9.17, 15) is 9.59 Å². The quantitative estimate of drug-likeness (QED) is 0.674. The Kier molecular flexibility index (Phi) is 5.94. The third-order valence-electron chi connectivity index (χ3n) is 4.25. The number of carbonyl (C=O) groups excluding carboxylic acids is 2. The van der Waals surface area contributed by atoms with Gasteiger partial charge in [-0.3, -0.25) is 4.79 Å². The van der Waals surface area contributed by atoms with E-state index in [-0.39, 0.29) is 18.2 Å². The maximum absolute atomic E-state index is 12.6. The first-order valence-electron chi connectivity index (χ1n) is 8.61. The molecule has 0 fully saturated rings. The third kappa shape index (κ3) is 4.79. The van der Waals surface area contributed by atoms with E-state index in [4.69, 9.17) is 0 Å². The Hall–Kier alpha value is -3.47. The third-order valence-corrected chi connectivity index (χ3v) is 4.25. The summed E-state index contributed by atoms with van der Waals surface area (Å²) in [7, 11) is 1.31. The zero-order valence-electron chi connectivity index (χ0n) is 15.0. The van der Waals surface area contributed by atoms with Crippen molar-refractivity contribution in [2.24, 2.45) is 0 Å². The molecule has 1 aromatic heterocycles. The van der Waals surface area contributed by atoms with Crippen molar-refractivity contribution in [3.63, 3.8) is 0 Å². The van der Waals surface area contributed by atoms with Gasteiger partial charge in [0.25, 0.3) is 0 Å². The summed E-state index contributed by atoms with van der Waals surface area (Å²) in [6.07, 6.45) is 1.67. The Morgan fingerprint density at radius 3 is 2.00 bits per heavy atom. The van der Waals surface area contributed by atoms with Crippen LogP contribution in [0, 0.1) is 0 Å². The summed E-state index contributed by atoms with van der Waals surface area (Å²) in [6, 6.07) is 23.0. The lowest BCUT2D eigenvalue weighted by molar-refractivity contribution is -0.116. The molecule has 0 aliphatic carbocycles. The fourth-order valence-electron chi connectivity index (χ4n) is 2.88. The molecule has 1 amide bonds. The van der Waals surface area contributed by atoms with Crippen LogP contribution in [0.1, 0.15) is 33.8 Å². The predicted octanol–water partition coefficient (Wildman–Crippen LogP) is 4.03. The van der Waals surface area contributed by atoms with Gasteiger partial charge in [0.05, 0.1) is 12.7 Å². The largest absolute Gasteiger partial charge is 0.465 e. The van der Waals surface area contributed by atoms with E-state index in [1.54, 1.807) is 12.1 Å². The molecular weight excluding hydrogens is 340 g/mol. The highest BCUT2D eigenvalue weighted by atomic mass is 16.5. The van der Waals surface area contributed by atoms with Crippen LogP contribution >= 0.6 is 0 Å². The number of hydrogen-bond donors (Lipinski definition) is 1. The Balaban J connectivity index is 1.74. The number of rotatable bonds is 6. The fraction of sp³-hybridized carbons (Fsp3) is 0.136. The van der Waals surface area contributed by atoms with Crippen LogP contribution in [0.3, 0.4) is 0 Å². The average molecular weight is 360 g/mol. The second-order valence-corrected chi connectivity index (χ2v) is 6.05. The highest BCUT2D eigenvalue weighted by Gasteiger charge is 2.18. The van der Waals surface area contributed by atoms with Crippen LogP contribution in [0.5, 0.6) is 0 Å². The van der Waals surface area contributed by atoms with Crippen molar-refractivity contribution in [3.8, 4) is 0 Å². The molecule has 0 aliphatic heterocycles. The molecule has 0 saturated heterocycles. The molecule has 1 heterocycles. The smallest absolute Gasteiger partial charge is 0.339 e. The van der Waals surface area contributed by atoms with E-state index in [0.29, 0.717) is 11.4 Å². The summed E-state index contributed by atoms with van der Waals surface area (Å²) in [5.74, 6) is -0.270. The second-order valence-electron chi connectivity index (χ2n) is 6.05. The van der Waals surface area contributed by atoms with Gasteiger partial charge in [-0.1, -0.05) is 60.7 Å². The van der Waals surface area contributed by atoms with E-state index in [0.717, 1.165) is 11.1 Å². The van der Waals surface area contributed by atoms with Crippen LogP contribution in [0.4, 0.5) is 5.82 Å². The molecule has 0 aliphatic rings. The maximum Gasteiger partial charge on any atom is 0.339 e. The standard InChI is InChI=1S/C22H20N2O3/c1-27-22(26)18-12-13-20(23-15-18)24-21(25)14-19(16-8-4-2-5-9-16)17-10-6-3-7-11-17/h2-13,15,19H,14H2,1H3,(H,23,24,25). The Morgan fingerprint density at radius 1 is 0.926 bits per heavy atom. The molecule has 2 aromatic carbocycles. The number of amides is 1. The van der Waals surface area contributed by atoms with Gasteiger partial charge in [-0.25, -0.2) is 9.78 Å². The number of hydrogen-bond acceptors (Lipinski definition) is 4. The molecule has 0 radical (unpaired) electrons. The average Bonchev–Trinajstić information content (AvgIpc) is 2.73. The topological polar surface area (TPSA) is 68.3 Å². The second kappa shape index (κ2) is 8.76. The number of benzene rings is 2. The summed E-state index contributed by atoms with van der Waals surface area (Å²) in [6.45, 7) is 0. The van der Waals surface area contributed by atoms with Gasteiger partial charge in [-0.05, 0) is 23.3 Å². The molecule has 5 nitrogen and oxygen atoms in total. The lowest BCUT2D eigenvalue weighted by Crippen LogP contribution is -2.17. The van der Waals surface area contributed by atoms with Crippen LogP contribution < -0.4 is 5.32 Å². The van der Waals surface area contributed by atoms with Gasteiger partial charge >= 0.3 is 5.97 Å². The molecule has 0 saturated carbocycles. The summed E-state index contributed by atoms with van der Waals surface area (Å²) < 4.78 is 4.64. The molecule has 27 heavy (non-hydrogen) atoms. The van der Waals surface area contributed by atoms with Gasteiger partial charge in [-0.15, -0.1) is 0 Å². The number of esters is 1. The van der Waals surface area contributed by atoms with Crippen molar-refractivity contribution < 1.29 is 14.3 Å². The SMILES string of the molecule is COC(=O)c1ccc(NC(=O)CC(c2ccccc2)c2ccccc2)nc1. The lowest BCUT2D eigenvalue weighted by Gasteiger charge is -2.17. The summed E-state index contributed by atoms with van der Waals surface area (Å²) in [5.41, 5.74) is 2.49. The number of methoxy groups -OCH3 is 1. The summed E-state index contributed by atoms with van der Waals surface area (Å²) in [5, 5.41) is 2.79. The van der Waals surface area contributed by atoms with Crippen LogP contribution in [-0.2, 0) is 9.53 Å². The number of ether oxygens (including phenoxy) is 1. The normalized spacial score (nSPS) is 10.4. The minimum absolute atomic E-state index is 0.0539. The molecule has 5 heteroatoms. The van der Waals surface area contributed by atoms with Gasteiger partial charge in [0, 0.05) is 18.5 Å². The molecule has 3 aromatic rings. The number of nitrogens with one attached hydrogen (secondary N) is 1. The Labute approximate surface area is 158 Å². The monoisotopic (exact) mass is 360 g/mol. The molecular formula is C22H20N2O3. The van der Waals surface area contributed by atoms with Crippen molar-refractivity contribution in [1.82, 2.24) is 4.98 Å². The molecule has 0 atom stereocenters. The van der Waals surface area contributed by atoms with Crippen molar-refractivity contribution in [3.05, 3.63) is 95.7 Å². The zero-order valence-corrected chi connectivity index (χ0v) is 15.0. The van der Waals surface area contributed by atoms with Crippen molar-refractivity contribution in [1.29, 1.82) is 0 Å². The fourth-order valence-corrected chi connectivity index (χ4v) is 2.88. The Bertz CT molecular complexity index is 854. The van der Waals surface area contributed by atoms with Gasteiger partial charge < -0.3 is 10.1 Å². The van der Waals surface area contributed by atoms with Crippen molar-refractivity contribution in [2.45, 2.75) is 12.3 Å². The number of pyridine rings is 1. The number of carbonyl (C=O) groups is 2. The predicted molar refractivity (Wildman–Crippen MR) is 104 cm³/mol. The molecule has 136 valence electrons. The highest BCUT2D eigenvalue weighted by molar-refractivity contribution is 5.92. The van der Waals surface area contributed by atoms with Gasteiger partial charge in [0.1, 0.15) is 5.82 Å². The van der Waals surface area contributed by atoms with Crippen LogP contribution in [0.25, 0.3) is 0 Å². The first-order valence-corrected chi connectivity index (χ1v) is 8.61.